The Bertz CT molecular complexity index is 717. The van der Waals surface area contributed by atoms with Crippen LogP contribution in [-0.2, 0) is 6.42 Å². The number of rotatable bonds is 4. The van der Waals surface area contributed by atoms with Gasteiger partial charge in [-0.1, -0.05) is 12.1 Å². The highest BCUT2D eigenvalue weighted by molar-refractivity contribution is 5.46. The molecule has 0 radical (unpaired) electrons. The molecule has 3 aromatic rings. The molecule has 20 heavy (non-hydrogen) atoms. The normalized spacial score (nSPS) is 10.7. The summed E-state index contributed by atoms with van der Waals surface area (Å²) < 4.78 is 12.4. The molecule has 0 aliphatic heterocycles. The van der Waals surface area contributed by atoms with Crippen LogP contribution in [0.25, 0.3) is 5.65 Å². The van der Waals surface area contributed by atoms with Gasteiger partial charge in [-0.3, -0.25) is 0 Å². The molecule has 0 fully saturated rings. The number of nitrogens with zero attached hydrogens (tertiary/aromatic N) is 2. The van der Waals surface area contributed by atoms with E-state index in [0.717, 1.165) is 29.3 Å². The predicted octanol–water partition coefficient (Wildman–Crippen LogP) is 2.94. The number of hydrogen-bond acceptors (Lipinski definition) is 3. The molecule has 1 aromatic carbocycles. The summed E-state index contributed by atoms with van der Waals surface area (Å²) in [6.45, 7) is 0. The Morgan fingerprint density at radius 2 is 1.75 bits per heavy atom. The molecule has 4 heteroatoms. The molecule has 0 aliphatic rings. The molecule has 0 saturated heterocycles. The Balaban J connectivity index is 1.86. The Hall–Kier alpha value is -2.49. The minimum absolute atomic E-state index is 0.800. The quantitative estimate of drug-likeness (QED) is 0.730. The molecule has 0 bridgehead atoms. The van der Waals surface area contributed by atoms with Crippen molar-refractivity contribution in [2.45, 2.75) is 6.42 Å². The van der Waals surface area contributed by atoms with Gasteiger partial charge in [0.1, 0.15) is 17.1 Å². The lowest BCUT2D eigenvalue weighted by molar-refractivity contribution is 0.414. The molecule has 0 saturated carbocycles. The lowest BCUT2D eigenvalue weighted by Gasteiger charge is -2.01. The summed E-state index contributed by atoms with van der Waals surface area (Å²) in [4.78, 5) is 4.61. The second-order valence-electron chi connectivity index (χ2n) is 4.59. The van der Waals surface area contributed by atoms with Crippen LogP contribution >= 0.6 is 0 Å². The van der Waals surface area contributed by atoms with Gasteiger partial charge in [-0.2, -0.15) is 0 Å². The number of ether oxygens (including phenoxy) is 2. The maximum Gasteiger partial charge on any atom is 0.140 e. The topological polar surface area (TPSA) is 35.8 Å². The highest BCUT2D eigenvalue weighted by Gasteiger charge is 2.04. The first kappa shape index (κ1) is 12.5. The number of methoxy groups -OCH3 is 2. The zero-order chi connectivity index (χ0) is 13.9. The average molecular weight is 268 g/mol. The van der Waals surface area contributed by atoms with Crippen molar-refractivity contribution in [3.8, 4) is 11.5 Å². The maximum absolute atomic E-state index is 5.21. The zero-order valence-corrected chi connectivity index (χ0v) is 11.5. The molecule has 0 aliphatic carbocycles. The molecule has 102 valence electrons. The fourth-order valence-electron chi connectivity index (χ4n) is 2.18. The number of pyridine rings is 1. The molecule has 2 heterocycles. The van der Waals surface area contributed by atoms with Crippen molar-refractivity contribution in [3.05, 3.63) is 60.0 Å². The van der Waals surface area contributed by atoms with Crippen LogP contribution in [0.2, 0.25) is 0 Å². The lowest BCUT2D eigenvalue weighted by atomic mass is 10.1. The predicted molar refractivity (Wildman–Crippen MR) is 77.5 cm³/mol. The molecule has 0 spiro atoms. The van der Waals surface area contributed by atoms with Crippen LogP contribution < -0.4 is 9.47 Å². The van der Waals surface area contributed by atoms with Crippen LogP contribution in [-0.4, -0.2) is 23.6 Å². The largest absolute Gasteiger partial charge is 0.497 e. The van der Waals surface area contributed by atoms with Gasteiger partial charge in [0.05, 0.1) is 19.9 Å². The van der Waals surface area contributed by atoms with Crippen molar-refractivity contribution in [1.29, 1.82) is 0 Å². The molecule has 4 nitrogen and oxygen atoms in total. The fraction of sp³-hybridized carbons (Fsp3) is 0.188. The maximum atomic E-state index is 5.21. The smallest absolute Gasteiger partial charge is 0.140 e. The van der Waals surface area contributed by atoms with Crippen molar-refractivity contribution in [3.63, 3.8) is 0 Å². The van der Waals surface area contributed by atoms with Gasteiger partial charge in [0, 0.05) is 24.9 Å². The summed E-state index contributed by atoms with van der Waals surface area (Å²) in [6, 6.07) is 11.9. The number of hydrogen-bond donors (Lipinski definition) is 0. The van der Waals surface area contributed by atoms with Crippen molar-refractivity contribution in [2.24, 2.45) is 0 Å². The van der Waals surface area contributed by atoms with Gasteiger partial charge >= 0.3 is 0 Å². The number of imidazole rings is 1. The molecule has 0 N–H and O–H groups in total. The van der Waals surface area contributed by atoms with E-state index in [4.69, 9.17) is 9.47 Å². The standard InChI is InChI=1S/C16H16N2O2/c1-19-14-5-3-12(4-6-14)9-13-11-18-8-7-15(20-2)10-16(18)17-13/h3-8,10-11H,9H2,1-2H3. The average Bonchev–Trinajstić information content (AvgIpc) is 2.89. The molecular formula is C16H16N2O2. The molecular weight excluding hydrogens is 252 g/mol. The van der Waals surface area contributed by atoms with E-state index in [1.54, 1.807) is 14.2 Å². The first-order valence-corrected chi connectivity index (χ1v) is 6.43. The summed E-state index contributed by atoms with van der Waals surface area (Å²) in [5.41, 5.74) is 3.14. The Morgan fingerprint density at radius 3 is 2.45 bits per heavy atom. The molecule has 0 amide bonds. The van der Waals surface area contributed by atoms with Gasteiger partial charge < -0.3 is 13.9 Å². The third-order valence-corrected chi connectivity index (χ3v) is 3.26. The van der Waals surface area contributed by atoms with E-state index >= 15 is 0 Å². The van der Waals surface area contributed by atoms with Crippen LogP contribution in [0.5, 0.6) is 11.5 Å². The van der Waals surface area contributed by atoms with Crippen molar-refractivity contribution in [2.75, 3.05) is 14.2 Å². The third kappa shape index (κ3) is 2.45. The van der Waals surface area contributed by atoms with E-state index in [9.17, 15) is 0 Å². The van der Waals surface area contributed by atoms with Crippen LogP contribution in [0.15, 0.2) is 48.8 Å². The summed E-state index contributed by atoms with van der Waals surface area (Å²) in [5, 5.41) is 0. The van der Waals surface area contributed by atoms with Gasteiger partial charge in [0.2, 0.25) is 0 Å². The second kappa shape index (κ2) is 5.25. The fourth-order valence-corrected chi connectivity index (χ4v) is 2.18. The van der Waals surface area contributed by atoms with E-state index < -0.39 is 0 Å². The zero-order valence-electron chi connectivity index (χ0n) is 11.5. The van der Waals surface area contributed by atoms with Gasteiger partial charge in [0.15, 0.2) is 0 Å². The van der Waals surface area contributed by atoms with Crippen molar-refractivity contribution >= 4 is 5.65 Å². The molecule has 0 unspecified atom stereocenters. The molecule has 3 rings (SSSR count). The van der Waals surface area contributed by atoms with Crippen molar-refractivity contribution < 1.29 is 9.47 Å². The molecule has 0 atom stereocenters. The summed E-state index contributed by atoms with van der Waals surface area (Å²) in [5.74, 6) is 1.69. The Kier molecular flexibility index (Phi) is 3.29. The Labute approximate surface area is 117 Å². The van der Waals surface area contributed by atoms with Gasteiger partial charge in [-0.25, -0.2) is 4.98 Å². The van der Waals surface area contributed by atoms with E-state index in [2.05, 4.69) is 17.1 Å². The van der Waals surface area contributed by atoms with Gasteiger partial charge in [-0.15, -0.1) is 0 Å². The van der Waals surface area contributed by atoms with Gasteiger partial charge in [-0.05, 0) is 23.8 Å². The Morgan fingerprint density at radius 1 is 1.00 bits per heavy atom. The van der Waals surface area contributed by atoms with E-state index in [0.29, 0.717) is 0 Å². The minimum Gasteiger partial charge on any atom is -0.497 e. The number of fused-ring (bicyclic) bond motifs is 1. The molecule has 2 aromatic heterocycles. The number of benzene rings is 1. The van der Waals surface area contributed by atoms with Crippen LogP contribution in [0, 0.1) is 0 Å². The van der Waals surface area contributed by atoms with Crippen LogP contribution in [0.1, 0.15) is 11.3 Å². The van der Waals surface area contributed by atoms with Crippen LogP contribution in [0.3, 0.4) is 0 Å². The summed E-state index contributed by atoms with van der Waals surface area (Å²) >= 11 is 0. The first-order chi connectivity index (χ1) is 9.78. The summed E-state index contributed by atoms with van der Waals surface area (Å²) in [6.07, 6.45) is 4.80. The minimum atomic E-state index is 0.800. The number of aromatic nitrogens is 2. The van der Waals surface area contributed by atoms with E-state index in [-0.39, 0.29) is 0 Å². The van der Waals surface area contributed by atoms with Gasteiger partial charge in [0.25, 0.3) is 0 Å². The SMILES string of the molecule is COc1ccc(Cc2cn3ccc(OC)cc3n2)cc1. The van der Waals surface area contributed by atoms with E-state index in [1.807, 2.05) is 41.1 Å². The second-order valence-corrected chi connectivity index (χ2v) is 4.59. The monoisotopic (exact) mass is 268 g/mol. The lowest BCUT2D eigenvalue weighted by Crippen LogP contribution is -1.89. The first-order valence-electron chi connectivity index (χ1n) is 6.43. The van der Waals surface area contributed by atoms with Crippen molar-refractivity contribution in [1.82, 2.24) is 9.38 Å². The van der Waals surface area contributed by atoms with E-state index in [1.165, 1.54) is 5.56 Å². The van der Waals surface area contributed by atoms with Crippen LogP contribution in [0.4, 0.5) is 0 Å². The third-order valence-electron chi connectivity index (χ3n) is 3.26. The highest BCUT2D eigenvalue weighted by atomic mass is 16.5. The highest BCUT2D eigenvalue weighted by Crippen LogP contribution is 2.17. The summed E-state index contributed by atoms with van der Waals surface area (Å²) in [7, 11) is 3.33.